The molecule has 1 aromatic rings. The standard InChI is InChI=1S/C13H18N2O3/c1-15(11-4-2-3-10(7-11)8-14)13(16)12-9-17-5-6-18-12/h2-4,7,12H,5-6,8-9,14H2,1H3. The summed E-state index contributed by atoms with van der Waals surface area (Å²) < 4.78 is 10.6. The van der Waals surface area contributed by atoms with Crippen LogP contribution >= 0.6 is 0 Å². The summed E-state index contributed by atoms with van der Waals surface area (Å²) in [6.45, 7) is 1.79. The topological polar surface area (TPSA) is 64.8 Å². The third kappa shape index (κ3) is 2.87. The molecule has 1 fully saturated rings. The Kier molecular flexibility index (Phi) is 4.30. The predicted molar refractivity (Wildman–Crippen MR) is 68.3 cm³/mol. The van der Waals surface area contributed by atoms with Gasteiger partial charge in [-0.3, -0.25) is 4.79 Å². The molecule has 5 heteroatoms. The number of likely N-dealkylation sites (N-methyl/N-ethyl adjacent to an activating group) is 1. The number of hydrogen-bond donors (Lipinski definition) is 1. The second-order valence-electron chi connectivity index (χ2n) is 4.21. The lowest BCUT2D eigenvalue weighted by atomic mass is 10.2. The van der Waals surface area contributed by atoms with E-state index < -0.39 is 6.10 Å². The van der Waals surface area contributed by atoms with E-state index in [1.54, 1.807) is 11.9 Å². The second-order valence-corrected chi connectivity index (χ2v) is 4.21. The molecule has 1 atom stereocenters. The van der Waals surface area contributed by atoms with Gasteiger partial charge in [0.15, 0.2) is 6.10 Å². The predicted octanol–water partition coefficient (Wildman–Crippen LogP) is 0.523. The van der Waals surface area contributed by atoms with E-state index in [2.05, 4.69) is 0 Å². The molecule has 1 aromatic carbocycles. The van der Waals surface area contributed by atoms with Gasteiger partial charge in [0.25, 0.3) is 5.91 Å². The highest BCUT2D eigenvalue weighted by atomic mass is 16.6. The summed E-state index contributed by atoms with van der Waals surface area (Å²) in [6, 6.07) is 7.60. The van der Waals surface area contributed by atoms with Gasteiger partial charge in [-0.15, -0.1) is 0 Å². The molecule has 1 heterocycles. The van der Waals surface area contributed by atoms with E-state index in [0.29, 0.717) is 26.4 Å². The van der Waals surface area contributed by atoms with Crippen LogP contribution in [0.3, 0.4) is 0 Å². The number of nitrogens with two attached hydrogens (primary N) is 1. The van der Waals surface area contributed by atoms with E-state index in [0.717, 1.165) is 11.3 Å². The minimum Gasteiger partial charge on any atom is -0.376 e. The molecular formula is C13H18N2O3. The molecule has 1 aliphatic heterocycles. The van der Waals surface area contributed by atoms with Crippen LogP contribution in [0.2, 0.25) is 0 Å². The molecule has 0 saturated carbocycles. The van der Waals surface area contributed by atoms with E-state index in [1.165, 1.54) is 0 Å². The van der Waals surface area contributed by atoms with Crippen molar-refractivity contribution in [2.24, 2.45) is 5.73 Å². The lowest BCUT2D eigenvalue weighted by Crippen LogP contribution is -2.43. The Hall–Kier alpha value is -1.43. The average Bonchev–Trinajstić information content (AvgIpc) is 2.46. The zero-order chi connectivity index (χ0) is 13.0. The van der Waals surface area contributed by atoms with Gasteiger partial charge in [-0.1, -0.05) is 12.1 Å². The minimum atomic E-state index is -0.509. The summed E-state index contributed by atoms with van der Waals surface area (Å²) >= 11 is 0. The van der Waals surface area contributed by atoms with Gasteiger partial charge in [0, 0.05) is 19.3 Å². The SMILES string of the molecule is CN(C(=O)C1COCCO1)c1cccc(CN)c1. The van der Waals surface area contributed by atoms with E-state index in [4.69, 9.17) is 15.2 Å². The van der Waals surface area contributed by atoms with Crippen molar-refractivity contribution >= 4 is 11.6 Å². The normalized spacial score (nSPS) is 19.6. The zero-order valence-corrected chi connectivity index (χ0v) is 10.5. The van der Waals surface area contributed by atoms with Crippen LogP contribution in [0, 0.1) is 0 Å². The van der Waals surface area contributed by atoms with E-state index in [9.17, 15) is 4.79 Å². The summed E-state index contributed by atoms with van der Waals surface area (Å²) in [7, 11) is 1.73. The number of nitrogens with zero attached hydrogens (tertiary/aromatic N) is 1. The third-order valence-electron chi connectivity index (χ3n) is 2.96. The maximum atomic E-state index is 12.2. The molecule has 98 valence electrons. The fourth-order valence-electron chi connectivity index (χ4n) is 1.87. The quantitative estimate of drug-likeness (QED) is 0.849. The van der Waals surface area contributed by atoms with Crippen LogP contribution in [-0.4, -0.2) is 38.9 Å². The highest BCUT2D eigenvalue weighted by Gasteiger charge is 2.26. The number of hydrogen-bond acceptors (Lipinski definition) is 4. The summed E-state index contributed by atoms with van der Waals surface area (Å²) in [5, 5.41) is 0. The first kappa shape index (κ1) is 13.0. The van der Waals surface area contributed by atoms with Gasteiger partial charge in [-0.05, 0) is 17.7 Å². The van der Waals surface area contributed by atoms with Crippen LogP contribution in [0.1, 0.15) is 5.56 Å². The first-order valence-corrected chi connectivity index (χ1v) is 5.98. The highest BCUT2D eigenvalue weighted by molar-refractivity contribution is 5.96. The number of benzene rings is 1. The van der Waals surface area contributed by atoms with E-state index >= 15 is 0 Å². The van der Waals surface area contributed by atoms with Crippen LogP contribution in [0.25, 0.3) is 0 Å². The van der Waals surface area contributed by atoms with Crippen LogP contribution < -0.4 is 10.6 Å². The molecule has 1 amide bonds. The molecule has 0 aromatic heterocycles. The lowest BCUT2D eigenvalue weighted by Gasteiger charge is -2.27. The van der Waals surface area contributed by atoms with Crippen molar-refractivity contribution in [1.82, 2.24) is 0 Å². The molecule has 0 aliphatic carbocycles. The van der Waals surface area contributed by atoms with Gasteiger partial charge in [0.05, 0.1) is 19.8 Å². The molecule has 0 radical (unpaired) electrons. The van der Waals surface area contributed by atoms with Crippen LogP contribution in [0.15, 0.2) is 24.3 Å². The van der Waals surface area contributed by atoms with Crippen molar-refractivity contribution in [3.8, 4) is 0 Å². The van der Waals surface area contributed by atoms with Crippen molar-refractivity contribution in [2.45, 2.75) is 12.6 Å². The molecular weight excluding hydrogens is 232 g/mol. The molecule has 2 N–H and O–H groups in total. The second kappa shape index (κ2) is 5.95. The van der Waals surface area contributed by atoms with Crippen molar-refractivity contribution < 1.29 is 14.3 Å². The fourth-order valence-corrected chi connectivity index (χ4v) is 1.87. The summed E-state index contributed by atoms with van der Waals surface area (Å²) in [4.78, 5) is 13.8. The van der Waals surface area contributed by atoms with Gasteiger partial charge in [-0.2, -0.15) is 0 Å². The molecule has 0 bridgehead atoms. The number of amides is 1. The first-order valence-electron chi connectivity index (χ1n) is 5.98. The van der Waals surface area contributed by atoms with Gasteiger partial charge < -0.3 is 20.1 Å². The molecule has 2 rings (SSSR count). The van der Waals surface area contributed by atoms with Crippen molar-refractivity contribution in [2.75, 3.05) is 31.8 Å². The Morgan fingerprint density at radius 2 is 2.33 bits per heavy atom. The molecule has 0 spiro atoms. The number of ether oxygens (including phenoxy) is 2. The Balaban J connectivity index is 2.09. The minimum absolute atomic E-state index is 0.0936. The van der Waals surface area contributed by atoms with Crippen LogP contribution in [-0.2, 0) is 20.8 Å². The number of carbonyl (C=O) groups excluding carboxylic acids is 1. The number of anilines is 1. The van der Waals surface area contributed by atoms with Crippen molar-refractivity contribution in [1.29, 1.82) is 0 Å². The molecule has 1 saturated heterocycles. The Labute approximate surface area is 106 Å². The number of carbonyl (C=O) groups is 1. The Morgan fingerprint density at radius 3 is 3.00 bits per heavy atom. The number of rotatable bonds is 3. The summed E-state index contributed by atoms with van der Waals surface area (Å²) in [6.07, 6.45) is -0.509. The van der Waals surface area contributed by atoms with Crippen molar-refractivity contribution in [3.05, 3.63) is 29.8 Å². The first-order chi connectivity index (χ1) is 8.72. The smallest absolute Gasteiger partial charge is 0.258 e. The largest absolute Gasteiger partial charge is 0.376 e. The van der Waals surface area contributed by atoms with Crippen LogP contribution in [0.4, 0.5) is 5.69 Å². The maximum absolute atomic E-state index is 12.2. The monoisotopic (exact) mass is 250 g/mol. The van der Waals surface area contributed by atoms with Gasteiger partial charge in [-0.25, -0.2) is 0 Å². The zero-order valence-electron chi connectivity index (χ0n) is 10.5. The van der Waals surface area contributed by atoms with Gasteiger partial charge >= 0.3 is 0 Å². The average molecular weight is 250 g/mol. The molecule has 1 unspecified atom stereocenters. The van der Waals surface area contributed by atoms with Crippen LogP contribution in [0.5, 0.6) is 0 Å². The van der Waals surface area contributed by atoms with Gasteiger partial charge in [0.2, 0.25) is 0 Å². The van der Waals surface area contributed by atoms with Crippen molar-refractivity contribution in [3.63, 3.8) is 0 Å². The molecule has 1 aliphatic rings. The third-order valence-corrected chi connectivity index (χ3v) is 2.96. The summed E-state index contributed by atoms with van der Waals surface area (Å²) in [5.41, 5.74) is 7.40. The Morgan fingerprint density at radius 1 is 1.50 bits per heavy atom. The van der Waals surface area contributed by atoms with E-state index in [1.807, 2.05) is 24.3 Å². The van der Waals surface area contributed by atoms with Gasteiger partial charge in [0.1, 0.15) is 0 Å². The highest BCUT2D eigenvalue weighted by Crippen LogP contribution is 2.17. The molecule has 18 heavy (non-hydrogen) atoms. The lowest BCUT2D eigenvalue weighted by molar-refractivity contribution is -0.144. The maximum Gasteiger partial charge on any atom is 0.258 e. The fraction of sp³-hybridized carbons (Fsp3) is 0.462. The Bertz CT molecular complexity index is 416. The van der Waals surface area contributed by atoms with E-state index in [-0.39, 0.29) is 5.91 Å². The summed E-state index contributed by atoms with van der Waals surface area (Å²) in [5.74, 6) is -0.0936. The molecule has 5 nitrogen and oxygen atoms in total.